The Morgan fingerprint density at radius 3 is 2.33 bits per heavy atom. The number of hydrogen-bond donors (Lipinski definition) is 0. The largest absolute Gasteiger partial charge is 0.443 e. The van der Waals surface area contributed by atoms with Gasteiger partial charge in [-0.2, -0.15) is 0 Å². The fourth-order valence-corrected chi connectivity index (χ4v) is 2.69. The van der Waals surface area contributed by atoms with Crippen molar-refractivity contribution < 1.29 is 14.3 Å². The van der Waals surface area contributed by atoms with E-state index >= 15 is 0 Å². The van der Waals surface area contributed by atoms with Gasteiger partial charge in [-0.05, 0) is 32.8 Å². The van der Waals surface area contributed by atoms with E-state index in [1.807, 2.05) is 65.8 Å². The number of carbonyl (C=O) groups is 2. The van der Waals surface area contributed by atoms with Gasteiger partial charge in [0.25, 0.3) is 0 Å². The minimum absolute atomic E-state index is 0.0198. The van der Waals surface area contributed by atoms with Crippen LogP contribution >= 0.6 is 0 Å². The summed E-state index contributed by atoms with van der Waals surface area (Å²) in [7, 11) is 1.66. The molecule has 0 heterocycles. The Labute approximate surface area is 145 Å². The number of carbonyl (C=O) groups excluding carboxylic acids is 2. The second-order valence-electron chi connectivity index (χ2n) is 6.52. The predicted octanol–water partition coefficient (Wildman–Crippen LogP) is 5.15. The third kappa shape index (κ3) is 4.47. The zero-order valence-corrected chi connectivity index (χ0v) is 15.8. The molecule has 1 aromatic rings. The number of rotatable bonds is 2. The zero-order chi connectivity index (χ0) is 18.5. The normalized spacial score (nSPS) is 16.4. The van der Waals surface area contributed by atoms with Crippen molar-refractivity contribution in [3.63, 3.8) is 0 Å². The molecule has 1 aliphatic rings. The average molecular weight is 331 g/mol. The van der Waals surface area contributed by atoms with Crippen molar-refractivity contribution in [1.82, 2.24) is 4.90 Å². The van der Waals surface area contributed by atoms with Crippen LogP contribution in [0, 0.1) is 0 Å². The maximum absolute atomic E-state index is 12.3. The van der Waals surface area contributed by atoms with Crippen LogP contribution in [0.25, 0.3) is 0 Å². The minimum Gasteiger partial charge on any atom is -0.443 e. The maximum atomic E-state index is 12.3. The van der Waals surface area contributed by atoms with Crippen LogP contribution in [0.4, 0.5) is 4.79 Å². The van der Waals surface area contributed by atoms with E-state index in [4.69, 9.17) is 4.74 Å². The van der Waals surface area contributed by atoms with Gasteiger partial charge in [0.2, 0.25) is 0 Å². The van der Waals surface area contributed by atoms with Gasteiger partial charge in [0.1, 0.15) is 5.60 Å². The lowest BCUT2D eigenvalue weighted by molar-refractivity contribution is 0.0343. The monoisotopic (exact) mass is 331 g/mol. The summed E-state index contributed by atoms with van der Waals surface area (Å²) >= 11 is 0. The van der Waals surface area contributed by atoms with Crippen LogP contribution < -0.4 is 0 Å². The highest BCUT2D eigenvalue weighted by Gasteiger charge is 2.31. The van der Waals surface area contributed by atoms with E-state index < -0.39 is 11.7 Å². The SMILES string of the molecule is CC.CCC1C(N(C)C(=O)OC(C)(C)C)=CC(=O)c2ccccc21. The van der Waals surface area contributed by atoms with Crippen LogP contribution in [0.2, 0.25) is 0 Å². The summed E-state index contributed by atoms with van der Waals surface area (Å²) in [4.78, 5) is 26.1. The van der Waals surface area contributed by atoms with Gasteiger partial charge in [0, 0.05) is 30.3 Å². The highest BCUT2D eigenvalue weighted by atomic mass is 16.6. The Hall–Kier alpha value is -2.10. The molecule has 0 bridgehead atoms. The first-order chi connectivity index (χ1) is 11.2. The number of allylic oxidation sites excluding steroid dienone is 2. The standard InChI is InChI=1S/C18H23NO3.C2H6/c1-6-12-13-9-7-8-10-14(13)16(20)11-15(12)19(5)17(21)22-18(2,3)4;1-2/h7-12H,6H2,1-5H3;1-2H3. The first-order valence-electron chi connectivity index (χ1n) is 8.56. The van der Waals surface area contributed by atoms with Gasteiger partial charge in [-0.1, -0.05) is 45.0 Å². The number of ether oxygens (including phenoxy) is 1. The molecular formula is C20H29NO3. The predicted molar refractivity (Wildman–Crippen MR) is 97.2 cm³/mol. The summed E-state index contributed by atoms with van der Waals surface area (Å²) in [6, 6.07) is 7.57. The molecule has 4 nitrogen and oxygen atoms in total. The van der Waals surface area contributed by atoms with Crippen molar-refractivity contribution in [1.29, 1.82) is 0 Å². The lowest BCUT2D eigenvalue weighted by Crippen LogP contribution is -2.36. The molecule has 24 heavy (non-hydrogen) atoms. The molecule has 1 amide bonds. The molecule has 1 unspecified atom stereocenters. The Bertz CT molecular complexity index is 626. The Morgan fingerprint density at radius 2 is 1.79 bits per heavy atom. The molecule has 2 rings (SSSR count). The summed E-state index contributed by atoms with van der Waals surface area (Å²) in [5.74, 6) is -0.0443. The van der Waals surface area contributed by atoms with E-state index in [9.17, 15) is 9.59 Å². The summed E-state index contributed by atoms with van der Waals surface area (Å²) in [6.07, 6.45) is 1.92. The number of likely N-dealkylation sites (N-methyl/N-ethyl adjacent to an activating group) is 1. The van der Waals surface area contributed by atoms with Crippen LogP contribution in [-0.4, -0.2) is 29.4 Å². The summed E-state index contributed by atoms with van der Waals surface area (Å²) in [5.41, 5.74) is 1.82. The molecule has 0 spiro atoms. The first-order valence-corrected chi connectivity index (χ1v) is 8.56. The van der Waals surface area contributed by atoms with Crippen molar-refractivity contribution in [3.8, 4) is 0 Å². The van der Waals surface area contributed by atoms with E-state index in [1.165, 1.54) is 4.90 Å². The van der Waals surface area contributed by atoms with Gasteiger partial charge in [-0.15, -0.1) is 0 Å². The summed E-state index contributed by atoms with van der Waals surface area (Å²) in [6.45, 7) is 11.5. The lowest BCUT2D eigenvalue weighted by atomic mass is 9.82. The highest BCUT2D eigenvalue weighted by molar-refractivity contribution is 6.08. The van der Waals surface area contributed by atoms with Crippen molar-refractivity contribution in [2.45, 2.75) is 59.5 Å². The van der Waals surface area contributed by atoms with E-state index in [1.54, 1.807) is 13.1 Å². The van der Waals surface area contributed by atoms with Crippen LogP contribution in [0.3, 0.4) is 0 Å². The van der Waals surface area contributed by atoms with Crippen molar-refractivity contribution in [3.05, 3.63) is 47.2 Å². The molecule has 132 valence electrons. The number of benzene rings is 1. The van der Waals surface area contributed by atoms with E-state index in [2.05, 4.69) is 0 Å². The fraction of sp³-hybridized carbons (Fsp3) is 0.500. The van der Waals surface area contributed by atoms with Gasteiger partial charge < -0.3 is 4.74 Å². The number of ketones is 1. The van der Waals surface area contributed by atoms with Crippen molar-refractivity contribution in [2.75, 3.05) is 7.05 Å². The van der Waals surface area contributed by atoms with Gasteiger partial charge >= 0.3 is 6.09 Å². The molecule has 1 atom stereocenters. The molecular weight excluding hydrogens is 302 g/mol. The quantitative estimate of drug-likeness (QED) is 0.752. The molecule has 0 aromatic heterocycles. The smallest absolute Gasteiger partial charge is 0.414 e. The molecule has 0 saturated heterocycles. The third-order valence-electron chi connectivity index (χ3n) is 3.70. The van der Waals surface area contributed by atoms with Crippen LogP contribution in [-0.2, 0) is 4.74 Å². The average Bonchev–Trinajstić information content (AvgIpc) is 2.54. The van der Waals surface area contributed by atoms with E-state index in [0.29, 0.717) is 5.70 Å². The van der Waals surface area contributed by atoms with Gasteiger partial charge in [-0.25, -0.2) is 4.79 Å². The summed E-state index contributed by atoms with van der Waals surface area (Å²) in [5, 5.41) is 0. The Kier molecular flexibility index (Phi) is 6.76. The van der Waals surface area contributed by atoms with Crippen LogP contribution in [0.5, 0.6) is 0 Å². The Morgan fingerprint density at radius 1 is 1.21 bits per heavy atom. The van der Waals surface area contributed by atoms with E-state index in [0.717, 1.165) is 17.5 Å². The molecule has 4 heteroatoms. The van der Waals surface area contributed by atoms with Crippen molar-refractivity contribution in [2.24, 2.45) is 0 Å². The number of fused-ring (bicyclic) bond motifs is 1. The van der Waals surface area contributed by atoms with Gasteiger partial charge in [0.15, 0.2) is 5.78 Å². The molecule has 1 aromatic carbocycles. The van der Waals surface area contributed by atoms with Crippen LogP contribution in [0.15, 0.2) is 36.0 Å². The number of nitrogens with zero attached hydrogens (tertiary/aromatic N) is 1. The third-order valence-corrected chi connectivity index (χ3v) is 3.70. The fourth-order valence-electron chi connectivity index (χ4n) is 2.69. The molecule has 0 saturated carbocycles. The molecule has 0 radical (unpaired) electrons. The summed E-state index contributed by atoms with van der Waals surface area (Å²) < 4.78 is 5.40. The van der Waals surface area contributed by atoms with Crippen LogP contribution in [0.1, 0.15) is 69.8 Å². The Balaban J connectivity index is 0.00000139. The number of hydrogen-bond acceptors (Lipinski definition) is 3. The van der Waals surface area contributed by atoms with Crippen molar-refractivity contribution >= 4 is 11.9 Å². The molecule has 0 N–H and O–H groups in total. The second-order valence-corrected chi connectivity index (χ2v) is 6.52. The number of amides is 1. The zero-order valence-electron chi connectivity index (χ0n) is 15.8. The first kappa shape index (κ1) is 19.9. The minimum atomic E-state index is -0.565. The highest BCUT2D eigenvalue weighted by Crippen LogP contribution is 2.36. The second kappa shape index (κ2) is 8.13. The van der Waals surface area contributed by atoms with E-state index in [-0.39, 0.29) is 11.7 Å². The lowest BCUT2D eigenvalue weighted by Gasteiger charge is -2.32. The maximum Gasteiger partial charge on any atom is 0.414 e. The van der Waals surface area contributed by atoms with Gasteiger partial charge in [0.05, 0.1) is 0 Å². The van der Waals surface area contributed by atoms with Gasteiger partial charge in [-0.3, -0.25) is 9.69 Å². The topological polar surface area (TPSA) is 46.6 Å². The molecule has 0 aliphatic heterocycles. The molecule has 1 aliphatic carbocycles. The molecule has 0 fully saturated rings.